The van der Waals surface area contributed by atoms with Crippen LogP contribution in [0.2, 0.25) is 0 Å². The maximum Gasteiger partial charge on any atom is 0.416 e. The molecule has 0 saturated carbocycles. The van der Waals surface area contributed by atoms with Gasteiger partial charge in [-0.1, -0.05) is 0 Å². The lowest BCUT2D eigenvalue weighted by atomic mass is 9.93. The van der Waals surface area contributed by atoms with E-state index in [2.05, 4.69) is 15.3 Å². The van der Waals surface area contributed by atoms with Gasteiger partial charge in [0.1, 0.15) is 0 Å². The molecule has 5 nitrogen and oxygen atoms in total. The van der Waals surface area contributed by atoms with Crippen LogP contribution >= 0.6 is 0 Å². The Morgan fingerprint density at radius 1 is 1.21 bits per heavy atom. The highest BCUT2D eigenvalue weighted by Crippen LogP contribution is 2.30. The van der Waals surface area contributed by atoms with E-state index >= 15 is 0 Å². The summed E-state index contributed by atoms with van der Waals surface area (Å²) in [5.74, 6) is 0.326. The number of likely N-dealkylation sites (tertiary alicyclic amines) is 1. The molecule has 0 bridgehead atoms. The Morgan fingerprint density at radius 3 is 2.69 bits per heavy atom. The van der Waals surface area contributed by atoms with Crippen molar-refractivity contribution in [1.82, 2.24) is 14.7 Å². The van der Waals surface area contributed by atoms with Gasteiger partial charge >= 0.3 is 6.18 Å². The molecule has 1 N–H and O–H groups in total. The maximum atomic E-state index is 12.6. The van der Waals surface area contributed by atoms with E-state index in [-0.39, 0.29) is 5.91 Å². The second-order valence-corrected chi connectivity index (χ2v) is 7.59. The van der Waals surface area contributed by atoms with Crippen LogP contribution in [0, 0.1) is 5.92 Å². The molecular weight excluding hydrogens is 381 g/mol. The van der Waals surface area contributed by atoms with E-state index in [1.165, 1.54) is 12.1 Å². The van der Waals surface area contributed by atoms with E-state index < -0.39 is 11.7 Å². The van der Waals surface area contributed by atoms with Crippen LogP contribution in [0.3, 0.4) is 0 Å². The van der Waals surface area contributed by atoms with Crippen LogP contribution < -0.4 is 5.32 Å². The molecule has 1 saturated heterocycles. The number of nitrogens with zero attached hydrogens (tertiary/aromatic N) is 3. The van der Waals surface area contributed by atoms with Crippen LogP contribution in [-0.4, -0.2) is 40.2 Å². The molecule has 0 unspecified atom stereocenters. The summed E-state index contributed by atoms with van der Waals surface area (Å²) in [4.78, 5) is 14.6. The monoisotopic (exact) mass is 408 g/mol. The molecule has 1 aromatic heterocycles. The average molecular weight is 408 g/mol. The Balaban J connectivity index is 1.37. The van der Waals surface area contributed by atoms with Gasteiger partial charge in [0.2, 0.25) is 5.91 Å². The zero-order valence-electron chi connectivity index (χ0n) is 16.4. The first kappa shape index (κ1) is 21.4. The molecule has 2 heterocycles. The van der Waals surface area contributed by atoms with Crippen molar-refractivity contribution in [1.29, 1.82) is 0 Å². The minimum absolute atomic E-state index is 0.152. The first-order valence-corrected chi connectivity index (χ1v) is 10.1. The number of benzene rings is 1. The third-order valence-corrected chi connectivity index (χ3v) is 5.30. The number of halogens is 3. The summed E-state index contributed by atoms with van der Waals surface area (Å²) in [6.45, 7) is 4.01. The number of hydrogen-bond donors (Lipinski definition) is 1. The van der Waals surface area contributed by atoms with Crippen LogP contribution in [-0.2, 0) is 17.5 Å². The minimum atomic E-state index is -4.37. The molecule has 1 atom stereocenters. The molecular formula is C21H27F3N4O. The number of alkyl halides is 3. The summed E-state index contributed by atoms with van der Waals surface area (Å²) in [7, 11) is 0. The lowest BCUT2D eigenvalue weighted by Crippen LogP contribution is -2.36. The van der Waals surface area contributed by atoms with E-state index in [0.717, 1.165) is 64.0 Å². The highest BCUT2D eigenvalue weighted by atomic mass is 19.4. The number of carbonyl (C=O) groups excluding carboxylic acids is 1. The van der Waals surface area contributed by atoms with Crippen molar-refractivity contribution in [2.24, 2.45) is 5.92 Å². The van der Waals surface area contributed by atoms with Crippen LogP contribution in [0.25, 0.3) is 0 Å². The lowest BCUT2D eigenvalue weighted by molar-refractivity contribution is -0.137. The highest BCUT2D eigenvalue weighted by Gasteiger charge is 2.30. The van der Waals surface area contributed by atoms with Gasteiger partial charge in [-0.25, -0.2) is 0 Å². The summed E-state index contributed by atoms with van der Waals surface area (Å²) < 4.78 is 39.7. The topological polar surface area (TPSA) is 50.2 Å². The Morgan fingerprint density at radius 2 is 2.00 bits per heavy atom. The molecule has 1 fully saturated rings. The van der Waals surface area contributed by atoms with Gasteiger partial charge in [-0.2, -0.15) is 18.3 Å². The third-order valence-electron chi connectivity index (χ3n) is 5.30. The van der Waals surface area contributed by atoms with Crippen molar-refractivity contribution in [3.63, 3.8) is 0 Å². The van der Waals surface area contributed by atoms with E-state index in [1.807, 2.05) is 16.9 Å². The van der Waals surface area contributed by atoms with Crippen LogP contribution in [0.5, 0.6) is 0 Å². The van der Waals surface area contributed by atoms with Gasteiger partial charge in [-0.05, 0) is 75.0 Å². The van der Waals surface area contributed by atoms with Gasteiger partial charge < -0.3 is 10.2 Å². The Bertz CT molecular complexity index is 759. The molecule has 0 radical (unpaired) electrons. The highest BCUT2D eigenvalue weighted by molar-refractivity contribution is 5.90. The predicted molar refractivity (Wildman–Crippen MR) is 105 cm³/mol. The molecule has 3 rings (SSSR count). The first-order chi connectivity index (χ1) is 13.9. The Hall–Kier alpha value is -2.35. The smallest absolute Gasteiger partial charge is 0.326 e. The Kier molecular flexibility index (Phi) is 7.30. The fraction of sp³-hybridized carbons (Fsp3) is 0.524. The number of carbonyl (C=O) groups is 1. The maximum absolute atomic E-state index is 12.6. The van der Waals surface area contributed by atoms with Crippen molar-refractivity contribution in [3.8, 4) is 0 Å². The van der Waals surface area contributed by atoms with Crippen molar-refractivity contribution < 1.29 is 18.0 Å². The molecule has 1 aromatic carbocycles. The second-order valence-electron chi connectivity index (χ2n) is 7.59. The number of amides is 1. The molecule has 8 heteroatoms. The fourth-order valence-electron chi connectivity index (χ4n) is 3.78. The minimum Gasteiger partial charge on any atom is -0.326 e. The molecule has 1 aliphatic rings. The average Bonchev–Trinajstić information content (AvgIpc) is 3.20. The molecule has 29 heavy (non-hydrogen) atoms. The number of piperidine rings is 1. The van der Waals surface area contributed by atoms with E-state index in [4.69, 9.17) is 0 Å². The van der Waals surface area contributed by atoms with E-state index in [0.29, 0.717) is 18.0 Å². The number of rotatable bonds is 8. The quantitative estimate of drug-likeness (QED) is 0.703. The van der Waals surface area contributed by atoms with Gasteiger partial charge in [-0.3, -0.25) is 9.48 Å². The second kappa shape index (κ2) is 9.91. The molecule has 158 valence electrons. The summed E-state index contributed by atoms with van der Waals surface area (Å²) in [5.41, 5.74) is -0.322. The summed E-state index contributed by atoms with van der Waals surface area (Å²) in [6, 6.07) is 6.48. The number of nitrogens with one attached hydrogen (secondary N) is 1. The van der Waals surface area contributed by atoms with Crippen LogP contribution in [0.15, 0.2) is 42.7 Å². The molecule has 0 aliphatic carbocycles. The first-order valence-electron chi connectivity index (χ1n) is 10.1. The number of aromatic nitrogens is 2. The van der Waals surface area contributed by atoms with Crippen molar-refractivity contribution in [2.75, 3.05) is 25.0 Å². The van der Waals surface area contributed by atoms with Gasteiger partial charge in [0.05, 0.1) is 5.56 Å². The lowest BCUT2D eigenvalue weighted by Gasteiger charge is -2.32. The number of hydrogen-bond acceptors (Lipinski definition) is 3. The molecule has 2 aromatic rings. The van der Waals surface area contributed by atoms with Crippen LogP contribution in [0.4, 0.5) is 18.9 Å². The van der Waals surface area contributed by atoms with Gasteiger partial charge in [-0.15, -0.1) is 0 Å². The van der Waals surface area contributed by atoms with Crippen molar-refractivity contribution >= 4 is 11.6 Å². The van der Waals surface area contributed by atoms with Crippen molar-refractivity contribution in [3.05, 3.63) is 48.3 Å². The summed E-state index contributed by atoms with van der Waals surface area (Å²) in [6.07, 6.45) is 3.85. The third kappa shape index (κ3) is 6.88. The van der Waals surface area contributed by atoms with Crippen molar-refractivity contribution in [2.45, 2.75) is 44.8 Å². The SMILES string of the molecule is O=C(CC[C@H]1CCCN(CCCn2cccn2)C1)Nc1ccc(C(F)(F)F)cc1. The van der Waals surface area contributed by atoms with E-state index in [9.17, 15) is 18.0 Å². The van der Waals surface area contributed by atoms with Gasteiger partial charge in [0, 0.05) is 37.6 Å². The molecule has 1 amide bonds. The number of anilines is 1. The zero-order chi connectivity index (χ0) is 20.7. The largest absolute Gasteiger partial charge is 0.416 e. The normalized spacial score (nSPS) is 18.0. The summed E-state index contributed by atoms with van der Waals surface area (Å²) in [5, 5.41) is 6.90. The predicted octanol–water partition coefficient (Wildman–Crippen LogP) is 4.42. The van der Waals surface area contributed by atoms with Crippen LogP contribution in [0.1, 0.15) is 37.7 Å². The van der Waals surface area contributed by atoms with E-state index in [1.54, 1.807) is 6.20 Å². The molecule has 1 aliphatic heterocycles. The summed E-state index contributed by atoms with van der Waals surface area (Å²) >= 11 is 0. The van der Waals surface area contributed by atoms with Gasteiger partial charge in [0.25, 0.3) is 0 Å². The molecule has 0 spiro atoms. The fourth-order valence-corrected chi connectivity index (χ4v) is 3.78. The Labute approximate surface area is 168 Å². The van der Waals surface area contributed by atoms with Gasteiger partial charge in [0.15, 0.2) is 0 Å². The zero-order valence-corrected chi connectivity index (χ0v) is 16.4. The number of aryl methyl sites for hydroxylation is 1. The standard InChI is InChI=1S/C21H27F3N4O/c22-21(23,24)18-6-8-19(9-7-18)26-20(29)10-5-17-4-1-12-27(16-17)13-3-15-28-14-2-11-25-28/h2,6-9,11,14,17H,1,3-5,10,12-13,15-16H2,(H,26,29)/t17-/m1/s1.